The summed E-state index contributed by atoms with van der Waals surface area (Å²) in [5.74, 6) is -0.513. The van der Waals surface area contributed by atoms with Gasteiger partial charge in [-0.3, -0.25) is 19.9 Å². The van der Waals surface area contributed by atoms with Gasteiger partial charge in [-0.1, -0.05) is 0 Å². The lowest BCUT2D eigenvalue weighted by Crippen LogP contribution is -2.55. The molecule has 1 atom stereocenters. The van der Waals surface area contributed by atoms with Gasteiger partial charge in [0.1, 0.15) is 5.75 Å². The second kappa shape index (κ2) is 17.6. The highest BCUT2D eigenvalue weighted by molar-refractivity contribution is 5.95. The first-order valence-electron chi connectivity index (χ1n) is 12.1. The lowest BCUT2D eigenvalue weighted by atomic mass is 10.1. The van der Waals surface area contributed by atoms with E-state index in [1.165, 1.54) is 0 Å². The number of nitrogens with zero attached hydrogens (tertiary/aromatic N) is 3. The first-order valence-corrected chi connectivity index (χ1v) is 12.1. The number of hydrogen-bond donors (Lipinski definition) is 4. The molecule has 5 N–H and O–H groups in total. The number of halogens is 3. The Balaban J connectivity index is 0.00000507. The van der Waals surface area contributed by atoms with Crippen molar-refractivity contribution in [3.05, 3.63) is 59.7 Å². The zero-order chi connectivity index (χ0) is 26.9. The molecule has 1 saturated heterocycles. The number of anilines is 1. The molecule has 2 aromatic carbocycles. The van der Waals surface area contributed by atoms with Crippen LogP contribution in [0.25, 0.3) is 0 Å². The van der Waals surface area contributed by atoms with Crippen LogP contribution in [0.3, 0.4) is 0 Å². The summed E-state index contributed by atoms with van der Waals surface area (Å²) in [6, 6.07) is 12.6. The van der Waals surface area contributed by atoms with Crippen molar-refractivity contribution in [1.82, 2.24) is 20.0 Å². The number of likely N-dealkylation sites (N-methyl/N-ethyl adjacent to an activating group) is 1. The molecule has 40 heavy (non-hydrogen) atoms. The normalized spacial score (nSPS) is 13.6. The van der Waals surface area contributed by atoms with Gasteiger partial charge in [-0.2, -0.15) is 0 Å². The number of carbonyl (C=O) groups is 3. The first-order chi connectivity index (χ1) is 17.6. The number of piperazine rings is 1. The van der Waals surface area contributed by atoms with Gasteiger partial charge < -0.3 is 30.9 Å². The molecule has 1 heterocycles. The number of carbonyl (C=O) groups excluding carboxylic acids is 3. The number of ether oxygens (including phenoxy) is 1. The summed E-state index contributed by atoms with van der Waals surface area (Å²) < 4.78 is 5.41. The molecular formula is C26H38Cl3N7O4. The minimum atomic E-state index is -0.538. The number of rotatable bonds is 9. The minimum Gasteiger partial charge on any atom is -0.423 e. The van der Waals surface area contributed by atoms with E-state index < -0.39 is 5.97 Å². The third-order valence-electron chi connectivity index (χ3n) is 6.10. The van der Waals surface area contributed by atoms with Gasteiger partial charge in [-0.25, -0.2) is 4.79 Å². The van der Waals surface area contributed by atoms with Gasteiger partial charge >= 0.3 is 5.97 Å². The number of nitrogens with one attached hydrogen (secondary N) is 3. The predicted octanol–water partition coefficient (Wildman–Crippen LogP) is 2.30. The topological polar surface area (TPSA) is 144 Å². The summed E-state index contributed by atoms with van der Waals surface area (Å²) in [6.45, 7) is 5.56. The number of hydrogen-bond acceptors (Lipinski definition) is 7. The molecular weight excluding hydrogens is 581 g/mol. The average molecular weight is 619 g/mol. The van der Waals surface area contributed by atoms with Gasteiger partial charge in [0, 0.05) is 50.5 Å². The van der Waals surface area contributed by atoms with Crippen molar-refractivity contribution in [3.63, 3.8) is 0 Å². The molecule has 0 aromatic heterocycles. The molecule has 0 spiro atoms. The summed E-state index contributed by atoms with van der Waals surface area (Å²) in [5.41, 5.74) is 6.72. The van der Waals surface area contributed by atoms with Crippen molar-refractivity contribution < 1.29 is 19.1 Å². The Bertz CT molecular complexity index is 1110. The molecule has 0 saturated carbocycles. The minimum absolute atomic E-state index is 0. The molecule has 0 bridgehead atoms. The van der Waals surface area contributed by atoms with Crippen LogP contribution in [0.5, 0.6) is 5.75 Å². The van der Waals surface area contributed by atoms with E-state index >= 15 is 0 Å². The third-order valence-corrected chi connectivity index (χ3v) is 6.10. The van der Waals surface area contributed by atoms with E-state index in [1.54, 1.807) is 53.4 Å². The Labute approximate surface area is 253 Å². The molecule has 11 nitrogen and oxygen atoms in total. The van der Waals surface area contributed by atoms with Gasteiger partial charge in [0.15, 0.2) is 5.96 Å². The maximum absolute atomic E-state index is 13.0. The van der Waals surface area contributed by atoms with E-state index in [4.69, 9.17) is 15.9 Å². The Morgan fingerprint density at radius 3 is 2.02 bits per heavy atom. The van der Waals surface area contributed by atoms with E-state index in [2.05, 4.69) is 15.5 Å². The van der Waals surface area contributed by atoms with Crippen LogP contribution in [0, 0.1) is 5.41 Å². The fourth-order valence-corrected chi connectivity index (χ4v) is 3.89. The molecule has 14 heteroatoms. The SMILES string of the molecule is CC(C(=O)NCCN(C)C)N1CCN(C(=O)c2ccc(OC(=O)c3ccc(NC(=N)N)cc3)cc2)CC1.Cl.Cl.Cl. The maximum atomic E-state index is 13.0. The van der Waals surface area contributed by atoms with Crippen molar-refractivity contribution in [1.29, 1.82) is 5.41 Å². The lowest BCUT2D eigenvalue weighted by Gasteiger charge is -2.37. The van der Waals surface area contributed by atoms with Crippen LogP contribution in [-0.4, -0.2) is 97.8 Å². The molecule has 2 amide bonds. The molecule has 2 aromatic rings. The average Bonchev–Trinajstić information content (AvgIpc) is 2.88. The monoisotopic (exact) mass is 617 g/mol. The molecule has 0 radical (unpaired) electrons. The van der Waals surface area contributed by atoms with E-state index in [1.807, 2.05) is 25.9 Å². The smallest absolute Gasteiger partial charge is 0.343 e. The van der Waals surface area contributed by atoms with E-state index in [-0.39, 0.29) is 61.0 Å². The Morgan fingerprint density at radius 2 is 1.50 bits per heavy atom. The van der Waals surface area contributed by atoms with Crippen molar-refractivity contribution in [2.75, 3.05) is 58.7 Å². The maximum Gasteiger partial charge on any atom is 0.343 e. The summed E-state index contributed by atoms with van der Waals surface area (Å²) in [6.07, 6.45) is 0. The summed E-state index contributed by atoms with van der Waals surface area (Å²) in [4.78, 5) is 43.7. The van der Waals surface area contributed by atoms with Gasteiger partial charge in [0.2, 0.25) is 5.91 Å². The first kappa shape index (κ1) is 36.9. The van der Waals surface area contributed by atoms with Crippen LogP contribution in [0.4, 0.5) is 5.69 Å². The van der Waals surface area contributed by atoms with Crippen LogP contribution in [0.1, 0.15) is 27.6 Å². The van der Waals surface area contributed by atoms with Crippen LogP contribution in [-0.2, 0) is 4.79 Å². The molecule has 1 fully saturated rings. The number of nitrogens with two attached hydrogens (primary N) is 1. The van der Waals surface area contributed by atoms with Crippen LogP contribution >= 0.6 is 37.2 Å². The molecule has 3 rings (SSSR count). The number of esters is 1. The predicted molar refractivity (Wildman–Crippen MR) is 164 cm³/mol. The second-order valence-corrected chi connectivity index (χ2v) is 9.13. The number of benzene rings is 2. The highest BCUT2D eigenvalue weighted by Crippen LogP contribution is 2.18. The van der Waals surface area contributed by atoms with E-state index in [0.717, 1.165) is 6.54 Å². The molecule has 1 unspecified atom stereocenters. The van der Waals surface area contributed by atoms with Crippen LogP contribution in [0.15, 0.2) is 48.5 Å². The van der Waals surface area contributed by atoms with E-state index in [0.29, 0.717) is 55.3 Å². The van der Waals surface area contributed by atoms with Crippen LogP contribution in [0.2, 0.25) is 0 Å². The van der Waals surface area contributed by atoms with Gasteiger partial charge in [0.05, 0.1) is 11.6 Å². The highest BCUT2D eigenvalue weighted by Gasteiger charge is 2.27. The number of guanidine groups is 1. The standard InChI is InChI=1S/C26H35N7O4.3ClH/c1-18(23(34)29-12-13-31(2)3)32-14-16-33(17-15-32)24(35)19-6-10-22(11-7-19)37-25(36)20-4-8-21(9-5-20)30-26(27)28;;;/h4-11,18H,12-17H2,1-3H3,(H,29,34)(H4,27,28,30);3*1H. The van der Waals surface area contributed by atoms with Gasteiger partial charge in [0.25, 0.3) is 5.91 Å². The van der Waals surface area contributed by atoms with Gasteiger partial charge in [-0.15, -0.1) is 37.2 Å². The van der Waals surface area contributed by atoms with E-state index in [9.17, 15) is 14.4 Å². The van der Waals surface area contributed by atoms with Gasteiger partial charge in [-0.05, 0) is 69.6 Å². The lowest BCUT2D eigenvalue weighted by molar-refractivity contribution is -0.126. The van der Waals surface area contributed by atoms with Crippen LogP contribution < -0.4 is 21.1 Å². The van der Waals surface area contributed by atoms with Crippen molar-refractivity contribution in [2.45, 2.75) is 13.0 Å². The Hall–Kier alpha value is -3.09. The van der Waals surface area contributed by atoms with Crippen molar-refractivity contribution >= 4 is 66.7 Å². The van der Waals surface area contributed by atoms with Crippen molar-refractivity contribution in [2.24, 2.45) is 5.73 Å². The summed E-state index contributed by atoms with van der Waals surface area (Å²) in [7, 11) is 3.92. The third kappa shape index (κ3) is 10.8. The number of amides is 2. The summed E-state index contributed by atoms with van der Waals surface area (Å²) >= 11 is 0. The quantitative estimate of drug-likeness (QED) is 0.145. The largest absolute Gasteiger partial charge is 0.423 e. The second-order valence-electron chi connectivity index (χ2n) is 9.13. The fourth-order valence-electron chi connectivity index (χ4n) is 3.89. The Morgan fingerprint density at radius 1 is 0.950 bits per heavy atom. The fraction of sp³-hybridized carbons (Fsp3) is 0.385. The van der Waals surface area contributed by atoms with Crippen molar-refractivity contribution in [3.8, 4) is 5.75 Å². The highest BCUT2D eigenvalue weighted by atomic mass is 35.5. The molecule has 1 aliphatic rings. The zero-order valence-electron chi connectivity index (χ0n) is 22.7. The molecule has 222 valence electrons. The summed E-state index contributed by atoms with van der Waals surface area (Å²) in [5, 5.41) is 12.8. The molecule has 0 aliphatic carbocycles. The zero-order valence-corrected chi connectivity index (χ0v) is 25.2. The molecule has 1 aliphatic heterocycles. The Kier molecular flexibility index (Phi) is 16.2.